The second kappa shape index (κ2) is 11.2. The van der Waals surface area contributed by atoms with E-state index in [2.05, 4.69) is 30.6 Å². The second-order valence-electron chi connectivity index (χ2n) is 7.83. The van der Waals surface area contributed by atoms with Crippen molar-refractivity contribution < 1.29 is 22.3 Å². The maximum Gasteiger partial charge on any atom is 0.241 e. The third-order valence-electron chi connectivity index (χ3n) is 5.20. The lowest BCUT2D eigenvalue weighted by atomic mass is 10.1. The first-order chi connectivity index (χ1) is 16.9. The van der Waals surface area contributed by atoms with Crippen LogP contribution in [0.4, 0.5) is 27.5 Å². The van der Waals surface area contributed by atoms with Crippen LogP contribution in [0.3, 0.4) is 0 Å². The number of nitrogens with one attached hydrogen (secondary N) is 4. The standard InChI is InChI=1S/C23H25FN6O4S/c24-16-1-3-17(4-2-16)27-21-9-12-25-23(30-21)29-18-5-7-20(8-6-18)35(32,33)26-15-22(31)28-19-10-13-34-14-11-19/h1-9,12,19,26H,10-11,13-15H2,(H,28,31)(H2,25,27,29,30). The summed E-state index contributed by atoms with van der Waals surface area (Å²) in [6.07, 6.45) is 2.97. The first-order valence-electron chi connectivity index (χ1n) is 11.0. The molecule has 1 aliphatic heterocycles. The molecule has 4 rings (SSSR count). The average molecular weight is 501 g/mol. The topological polar surface area (TPSA) is 134 Å². The summed E-state index contributed by atoms with van der Waals surface area (Å²) in [5, 5.41) is 8.86. The number of halogens is 1. The van der Waals surface area contributed by atoms with Gasteiger partial charge in [-0.15, -0.1) is 0 Å². The first-order valence-corrected chi connectivity index (χ1v) is 12.5. The fourth-order valence-corrected chi connectivity index (χ4v) is 4.36. The van der Waals surface area contributed by atoms with Crippen LogP contribution in [-0.4, -0.2) is 50.1 Å². The van der Waals surface area contributed by atoms with Crippen molar-refractivity contribution in [1.82, 2.24) is 20.0 Å². The maximum absolute atomic E-state index is 13.1. The molecule has 0 spiro atoms. The molecule has 0 saturated carbocycles. The third kappa shape index (κ3) is 7.18. The Kier molecular flexibility index (Phi) is 7.85. The third-order valence-corrected chi connectivity index (χ3v) is 6.62. The van der Waals surface area contributed by atoms with Crippen molar-refractivity contribution in [3.8, 4) is 0 Å². The molecule has 4 N–H and O–H groups in total. The lowest BCUT2D eigenvalue weighted by molar-refractivity contribution is -0.121. The Morgan fingerprint density at radius 2 is 1.63 bits per heavy atom. The molecule has 1 saturated heterocycles. The second-order valence-corrected chi connectivity index (χ2v) is 9.59. The number of nitrogens with zero attached hydrogens (tertiary/aromatic N) is 2. The zero-order valence-electron chi connectivity index (χ0n) is 18.7. The summed E-state index contributed by atoms with van der Waals surface area (Å²) < 4.78 is 45.7. The molecule has 0 atom stereocenters. The number of anilines is 4. The van der Waals surface area contributed by atoms with Gasteiger partial charge in [0.15, 0.2) is 0 Å². The van der Waals surface area contributed by atoms with Crippen LogP contribution < -0.4 is 20.7 Å². The smallest absolute Gasteiger partial charge is 0.241 e. The minimum atomic E-state index is -3.86. The summed E-state index contributed by atoms with van der Waals surface area (Å²) in [5.74, 6) is 0.0664. The summed E-state index contributed by atoms with van der Waals surface area (Å²) >= 11 is 0. The van der Waals surface area contributed by atoms with Crippen molar-refractivity contribution in [2.75, 3.05) is 30.4 Å². The molecule has 0 radical (unpaired) electrons. The molecule has 10 nitrogen and oxygen atoms in total. The summed E-state index contributed by atoms with van der Waals surface area (Å²) in [4.78, 5) is 20.6. The van der Waals surface area contributed by atoms with Crippen LogP contribution in [0.5, 0.6) is 0 Å². The van der Waals surface area contributed by atoms with E-state index in [9.17, 15) is 17.6 Å². The number of carbonyl (C=O) groups excluding carboxylic acids is 1. The molecule has 2 heterocycles. The van der Waals surface area contributed by atoms with E-state index in [1.165, 1.54) is 24.3 Å². The molecule has 1 aromatic heterocycles. The molecule has 35 heavy (non-hydrogen) atoms. The minimum Gasteiger partial charge on any atom is -0.381 e. The quantitative estimate of drug-likeness (QED) is 0.352. The lowest BCUT2D eigenvalue weighted by Gasteiger charge is -2.23. The number of sulfonamides is 1. The Morgan fingerprint density at radius 1 is 0.971 bits per heavy atom. The van der Waals surface area contributed by atoms with Gasteiger partial charge in [0.05, 0.1) is 11.4 Å². The highest BCUT2D eigenvalue weighted by Crippen LogP contribution is 2.19. The molecular weight excluding hydrogens is 475 g/mol. The van der Waals surface area contributed by atoms with Crippen LogP contribution in [0.1, 0.15) is 12.8 Å². The molecule has 184 valence electrons. The van der Waals surface area contributed by atoms with Crippen LogP contribution in [0.15, 0.2) is 65.7 Å². The van der Waals surface area contributed by atoms with Crippen molar-refractivity contribution in [2.24, 2.45) is 0 Å². The Morgan fingerprint density at radius 3 is 2.34 bits per heavy atom. The monoisotopic (exact) mass is 500 g/mol. The molecule has 3 aromatic rings. The van der Waals surface area contributed by atoms with Crippen molar-refractivity contribution in [1.29, 1.82) is 0 Å². The Balaban J connectivity index is 1.32. The van der Waals surface area contributed by atoms with E-state index in [1.807, 2.05) is 0 Å². The van der Waals surface area contributed by atoms with Gasteiger partial charge in [0, 0.05) is 36.8 Å². The van der Waals surface area contributed by atoms with Crippen LogP contribution in [-0.2, 0) is 19.6 Å². The number of amides is 1. The Hall–Kier alpha value is -3.61. The predicted octanol–water partition coefficient (Wildman–Crippen LogP) is 2.68. The van der Waals surface area contributed by atoms with Crippen molar-refractivity contribution >= 4 is 39.1 Å². The predicted molar refractivity (Wildman–Crippen MR) is 129 cm³/mol. The number of carbonyl (C=O) groups is 1. The number of rotatable bonds is 9. The van der Waals surface area contributed by atoms with Gasteiger partial charge < -0.3 is 20.7 Å². The number of ether oxygens (including phenoxy) is 1. The van der Waals surface area contributed by atoms with Gasteiger partial charge in [0.2, 0.25) is 21.9 Å². The number of aromatic nitrogens is 2. The van der Waals surface area contributed by atoms with Crippen LogP contribution in [0.25, 0.3) is 0 Å². The first kappa shape index (κ1) is 24.5. The number of hydrogen-bond acceptors (Lipinski definition) is 8. The largest absolute Gasteiger partial charge is 0.381 e. The molecular formula is C23H25FN6O4S. The van der Waals surface area contributed by atoms with Gasteiger partial charge in [-0.05, 0) is 67.4 Å². The zero-order chi connectivity index (χ0) is 24.7. The van der Waals surface area contributed by atoms with Gasteiger partial charge in [0.25, 0.3) is 0 Å². The molecule has 12 heteroatoms. The van der Waals surface area contributed by atoms with Crippen molar-refractivity contribution in [2.45, 2.75) is 23.8 Å². The van der Waals surface area contributed by atoms with E-state index in [1.54, 1.807) is 36.5 Å². The van der Waals surface area contributed by atoms with E-state index in [0.717, 1.165) is 0 Å². The highest BCUT2D eigenvalue weighted by atomic mass is 32.2. The highest BCUT2D eigenvalue weighted by Gasteiger charge is 2.19. The van der Waals surface area contributed by atoms with Gasteiger partial charge in [-0.25, -0.2) is 22.5 Å². The lowest BCUT2D eigenvalue weighted by Crippen LogP contribution is -2.44. The van der Waals surface area contributed by atoms with E-state index >= 15 is 0 Å². The van der Waals surface area contributed by atoms with Crippen LogP contribution in [0.2, 0.25) is 0 Å². The van der Waals surface area contributed by atoms with Crippen LogP contribution >= 0.6 is 0 Å². The highest BCUT2D eigenvalue weighted by molar-refractivity contribution is 7.89. The van der Waals surface area contributed by atoms with Gasteiger partial charge in [-0.3, -0.25) is 4.79 Å². The van der Waals surface area contributed by atoms with Crippen molar-refractivity contribution in [3.63, 3.8) is 0 Å². The molecule has 0 bridgehead atoms. The fourth-order valence-electron chi connectivity index (χ4n) is 3.38. The van der Waals surface area contributed by atoms with Gasteiger partial charge in [-0.2, -0.15) is 4.98 Å². The summed E-state index contributed by atoms with van der Waals surface area (Å²) in [7, 11) is -3.86. The summed E-state index contributed by atoms with van der Waals surface area (Å²) in [6, 6.07) is 13.5. The number of benzene rings is 2. The summed E-state index contributed by atoms with van der Waals surface area (Å²) in [5.41, 5.74) is 1.24. The fraction of sp³-hybridized carbons (Fsp3) is 0.261. The molecule has 0 unspecified atom stereocenters. The molecule has 2 aromatic carbocycles. The number of hydrogen-bond donors (Lipinski definition) is 4. The van der Waals surface area contributed by atoms with E-state index in [4.69, 9.17) is 4.74 Å². The van der Waals surface area contributed by atoms with E-state index < -0.39 is 10.0 Å². The summed E-state index contributed by atoms with van der Waals surface area (Å²) in [6.45, 7) is 0.815. The molecule has 0 aliphatic carbocycles. The Labute approximate surface area is 202 Å². The minimum absolute atomic E-state index is 0.00211. The normalized spacial score (nSPS) is 14.3. The van der Waals surface area contributed by atoms with E-state index in [-0.39, 0.29) is 35.2 Å². The average Bonchev–Trinajstić information content (AvgIpc) is 2.86. The molecule has 1 aliphatic rings. The van der Waals surface area contributed by atoms with Gasteiger partial charge >= 0.3 is 0 Å². The van der Waals surface area contributed by atoms with E-state index in [0.29, 0.717) is 43.2 Å². The Bertz CT molecular complexity index is 1250. The van der Waals surface area contributed by atoms with Gasteiger partial charge in [0.1, 0.15) is 11.6 Å². The molecule has 1 fully saturated rings. The SMILES string of the molecule is O=C(CNS(=O)(=O)c1ccc(Nc2nccc(Nc3ccc(F)cc3)n2)cc1)NC1CCOCC1. The van der Waals surface area contributed by atoms with Gasteiger partial charge in [-0.1, -0.05) is 0 Å². The van der Waals surface area contributed by atoms with Crippen LogP contribution in [0, 0.1) is 5.82 Å². The maximum atomic E-state index is 13.1. The molecule has 1 amide bonds. The van der Waals surface area contributed by atoms with Crippen molar-refractivity contribution in [3.05, 3.63) is 66.6 Å². The zero-order valence-corrected chi connectivity index (χ0v) is 19.5.